The average Bonchev–Trinajstić information content (AvgIpc) is 2.57. The van der Waals surface area contributed by atoms with Crippen molar-refractivity contribution in [1.82, 2.24) is 0 Å². The topological polar surface area (TPSA) is 55.4 Å². The standard InChI is InChI=1S/C19H21NO3/c1-3-17(15-10-6-4-7-11-15)19(22)23-14(2)18(21)20-16-12-8-5-9-13-16/h4-14,17H,3H2,1-2H3,(H,20,21)/t14-,17-/m0/s1. The zero-order valence-corrected chi connectivity index (χ0v) is 13.4. The first-order valence-corrected chi connectivity index (χ1v) is 7.73. The predicted molar refractivity (Wildman–Crippen MR) is 90.1 cm³/mol. The lowest BCUT2D eigenvalue weighted by Crippen LogP contribution is -2.31. The molecule has 0 saturated carbocycles. The fourth-order valence-corrected chi connectivity index (χ4v) is 2.30. The lowest BCUT2D eigenvalue weighted by atomic mass is 9.97. The lowest BCUT2D eigenvalue weighted by molar-refractivity contribution is -0.154. The van der Waals surface area contributed by atoms with Gasteiger partial charge < -0.3 is 10.1 Å². The van der Waals surface area contributed by atoms with Gasteiger partial charge in [0.1, 0.15) is 0 Å². The molecule has 1 N–H and O–H groups in total. The van der Waals surface area contributed by atoms with Gasteiger partial charge in [-0.3, -0.25) is 9.59 Å². The summed E-state index contributed by atoms with van der Waals surface area (Å²) in [5.41, 5.74) is 1.58. The number of rotatable bonds is 6. The zero-order valence-electron chi connectivity index (χ0n) is 13.4. The Labute approximate surface area is 136 Å². The SMILES string of the molecule is CC[C@H](C(=O)O[C@@H](C)C(=O)Nc1ccccc1)c1ccccc1. The third kappa shape index (κ3) is 4.68. The summed E-state index contributed by atoms with van der Waals surface area (Å²) < 4.78 is 5.34. The number of carbonyl (C=O) groups excluding carboxylic acids is 2. The van der Waals surface area contributed by atoms with Crippen molar-refractivity contribution in [2.24, 2.45) is 0 Å². The average molecular weight is 311 g/mol. The Morgan fingerprint density at radius 3 is 2.13 bits per heavy atom. The largest absolute Gasteiger partial charge is 0.452 e. The Morgan fingerprint density at radius 2 is 1.57 bits per heavy atom. The molecule has 0 unspecified atom stereocenters. The first-order valence-electron chi connectivity index (χ1n) is 7.73. The van der Waals surface area contributed by atoms with Crippen LogP contribution in [0.15, 0.2) is 60.7 Å². The van der Waals surface area contributed by atoms with Gasteiger partial charge in [0.25, 0.3) is 5.91 Å². The van der Waals surface area contributed by atoms with Crippen molar-refractivity contribution in [3.05, 3.63) is 66.2 Å². The second-order valence-corrected chi connectivity index (χ2v) is 5.31. The van der Waals surface area contributed by atoms with Gasteiger partial charge in [-0.05, 0) is 31.0 Å². The normalized spacial score (nSPS) is 13.0. The molecule has 2 aromatic rings. The van der Waals surface area contributed by atoms with Crippen LogP contribution >= 0.6 is 0 Å². The highest BCUT2D eigenvalue weighted by atomic mass is 16.5. The number of ether oxygens (including phenoxy) is 1. The molecule has 4 nitrogen and oxygen atoms in total. The summed E-state index contributed by atoms with van der Waals surface area (Å²) in [6.07, 6.45) is -0.226. The fraction of sp³-hybridized carbons (Fsp3) is 0.263. The number of nitrogens with one attached hydrogen (secondary N) is 1. The van der Waals surface area contributed by atoms with E-state index < -0.39 is 6.10 Å². The van der Waals surface area contributed by atoms with E-state index in [9.17, 15) is 9.59 Å². The molecule has 0 bridgehead atoms. The molecule has 0 aliphatic carbocycles. The maximum atomic E-state index is 12.3. The van der Waals surface area contributed by atoms with Crippen LogP contribution in [0, 0.1) is 0 Å². The third-order valence-electron chi connectivity index (χ3n) is 3.60. The molecule has 0 aromatic heterocycles. The molecule has 0 spiro atoms. The number of anilines is 1. The molecule has 0 heterocycles. The van der Waals surface area contributed by atoms with Crippen LogP contribution in [0.3, 0.4) is 0 Å². The number of benzene rings is 2. The predicted octanol–water partition coefficient (Wildman–Crippen LogP) is 3.75. The Balaban J connectivity index is 1.97. The maximum absolute atomic E-state index is 12.3. The zero-order chi connectivity index (χ0) is 16.7. The van der Waals surface area contributed by atoms with Crippen molar-refractivity contribution in [3.8, 4) is 0 Å². The van der Waals surface area contributed by atoms with E-state index in [1.165, 1.54) is 0 Å². The van der Waals surface area contributed by atoms with Crippen molar-refractivity contribution in [2.45, 2.75) is 32.3 Å². The molecule has 0 radical (unpaired) electrons. The first-order chi connectivity index (χ1) is 11.1. The van der Waals surface area contributed by atoms with Gasteiger partial charge in [-0.2, -0.15) is 0 Å². The fourth-order valence-electron chi connectivity index (χ4n) is 2.30. The Morgan fingerprint density at radius 1 is 1.00 bits per heavy atom. The number of carbonyl (C=O) groups is 2. The molecule has 120 valence electrons. The van der Waals surface area contributed by atoms with Gasteiger partial charge in [-0.25, -0.2) is 0 Å². The van der Waals surface area contributed by atoms with E-state index in [0.717, 1.165) is 5.56 Å². The molecule has 0 saturated heterocycles. The van der Waals surface area contributed by atoms with Crippen molar-refractivity contribution < 1.29 is 14.3 Å². The van der Waals surface area contributed by atoms with E-state index in [4.69, 9.17) is 4.74 Å². The summed E-state index contributed by atoms with van der Waals surface area (Å²) in [4.78, 5) is 24.4. The Bertz CT molecular complexity index is 640. The van der Waals surface area contributed by atoms with Gasteiger partial charge in [-0.1, -0.05) is 55.5 Å². The van der Waals surface area contributed by atoms with Gasteiger partial charge in [0, 0.05) is 5.69 Å². The summed E-state index contributed by atoms with van der Waals surface area (Å²) in [5.74, 6) is -1.08. The van der Waals surface area contributed by atoms with Crippen LogP contribution in [0.5, 0.6) is 0 Å². The molecule has 2 atom stereocenters. The van der Waals surface area contributed by atoms with Gasteiger partial charge >= 0.3 is 5.97 Å². The van der Waals surface area contributed by atoms with Crippen molar-refractivity contribution in [2.75, 3.05) is 5.32 Å². The van der Waals surface area contributed by atoms with Crippen molar-refractivity contribution in [3.63, 3.8) is 0 Å². The minimum Gasteiger partial charge on any atom is -0.452 e. The monoisotopic (exact) mass is 311 g/mol. The van der Waals surface area contributed by atoms with E-state index >= 15 is 0 Å². The number of para-hydroxylation sites is 1. The number of esters is 1. The molecule has 2 rings (SSSR count). The molecule has 0 fully saturated rings. The van der Waals surface area contributed by atoms with Crippen LogP contribution in [0.2, 0.25) is 0 Å². The molecule has 23 heavy (non-hydrogen) atoms. The highest BCUT2D eigenvalue weighted by Gasteiger charge is 2.25. The summed E-state index contributed by atoms with van der Waals surface area (Å²) in [6, 6.07) is 18.5. The van der Waals surface area contributed by atoms with Crippen LogP contribution in [-0.4, -0.2) is 18.0 Å². The van der Waals surface area contributed by atoms with Gasteiger partial charge in [0.15, 0.2) is 6.10 Å². The molecule has 0 aliphatic rings. The van der Waals surface area contributed by atoms with Crippen LogP contribution in [0.25, 0.3) is 0 Å². The summed E-state index contributed by atoms with van der Waals surface area (Å²) in [5, 5.41) is 2.73. The summed E-state index contributed by atoms with van der Waals surface area (Å²) in [7, 11) is 0. The molecule has 0 aliphatic heterocycles. The number of amides is 1. The van der Waals surface area contributed by atoms with Crippen molar-refractivity contribution in [1.29, 1.82) is 0 Å². The highest BCUT2D eigenvalue weighted by Crippen LogP contribution is 2.21. The highest BCUT2D eigenvalue weighted by molar-refractivity contribution is 5.95. The number of hydrogen-bond acceptors (Lipinski definition) is 3. The van der Waals surface area contributed by atoms with Gasteiger partial charge in [-0.15, -0.1) is 0 Å². The Hall–Kier alpha value is -2.62. The summed E-state index contributed by atoms with van der Waals surface area (Å²) >= 11 is 0. The Kier molecular flexibility index (Phi) is 5.92. The van der Waals surface area contributed by atoms with Crippen LogP contribution in [0.4, 0.5) is 5.69 Å². The molecule has 1 amide bonds. The van der Waals surface area contributed by atoms with E-state index in [1.54, 1.807) is 19.1 Å². The van der Waals surface area contributed by atoms with Crippen LogP contribution < -0.4 is 5.32 Å². The smallest absolute Gasteiger partial charge is 0.314 e. The molecule has 2 aromatic carbocycles. The second-order valence-electron chi connectivity index (χ2n) is 5.31. The van der Waals surface area contributed by atoms with Crippen LogP contribution in [-0.2, 0) is 14.3 Å². The van der Waals surface area contributed by atoms with Crippen LogP contribution in [0.1, 0.15) is 31.7 Å². The van der Waals surface area contributed by atoms with Gasteiger partial charge in [0.05, 0.1) is 5.92 Å². The maximum Gasteiger partial charge on any atom is 0.314 e. The summed E-state index contributed by atoms with van der Waals surface area (Å²) in [6.45, 7) is 3.50. The molecular formula is C19H21NO3. The van der Waals surface area contributed by atoms with Crippen molar-refractivity contribution >= 4 is 17.6 Å². The third-order valence-corrected chi connectivity index (χ3v) is 3.60. The lowest BCUT2D eigenvalue weighted by Gasteiger charge is -2.18. The number of hydrogen-bond donors (Lipinski definition) is 1. The first kappa shape index (κ1) is 16.7. The quantitative estimate of drug-likeness (QED) is 0.827. The van der Waals surface area contributed by atoms with E-state index in [-0.39, 0.29) is 17.8 Å². The van der Waals surface area contributed by atoms with E-state index in [2.05, 4.69) is 5.32 Å². The second kappa shape index (κ2) is 8.13. The minimum absolute atomic E-state index is 0.340. The minimum atomic E-state index is -0.847. The van der Waals surface area contributed by atoms with Gasteiger partial charge in [0.2, 0.25) is 0 Å². The molecule has 4 heteroatoms. The van der Waals surface area contributed by atoms with E-state index in [0.29, 0.717) is 12.1 Å². The van der Waals surface area contributed by atoms with E-state index in [1.807, 2.05) is 55.5 Å². The molecular weight excluding hydrogens is 290 g/mol.